The van der Waals surface area contributed by atoms with Crippen molar-refractivity contribution in [1.82, 2.24) is 9.55 Å². The summed E-state index contributed by atoms with van der Waals surface area (Å²) in [6, 6.07) is 12.1. The molecule has 1 N–H and O–H groups in total. The second-order valence-electron chi connectivity index (χ2n) is 5.73. The molecule has 0 fully saturated rings. The summed E-state index contributed by atoms with van der Waals surface area (Å²) in [6.07, 6.45) is 0.665. The fourth-order valence-corrected chi connectivity index (χ4v) is 2.91. The summed E-state index contributed by atoms with van der Waals surface area (Å²) in [5, 5.41) is 9.25. The van der Waals surface area contributed by atoms with E-state index in [2.05, 4.69) is 29.7 Å². The van der Waals surface area contributed by atoms with Crippen LogP contribution in [0.2, 0.25) is 0 Å². The highest BCUT2D eigenvalue weighted by Crippen LogP contribution is 2.34. The maximum Gasteiger partial charge on any atom is 0.163 e. The van der Waals surface area contributed by atoms with E-state index < -0.39 is 0 Å². The number of rotatable bonds is 6. The third-order valence-electron chi connectivity index (χ3n) is 4.07. The van der Waals surface area contributed by atoms with E-state index in [9.17, 15) is 5.11 Å². The van der Waals surface area contributed by atoms with Gasteiger partial charge in [-0.05, 0) is 19.4 Å². The largest absolute Gasteiger partial charge is 0.493 e. The Bertz CT molecular complexity index is 855. The first-order chi connectivity index (χ1) is 11.7. The van der Waals surface area contributed by atoms with Crippen LogP contribution in [0.1, 0.15) is 12.0 Å². The maximum atomic E-state index is 9.25. The molecular formula is C19H22N2O3. The van der Waals surface area contributed by atoms with Crippen molar-refractivity contribution in [3.63, 3.8) is 0 Å². The van der Waals surface area contributed by atoms with Crippen LogP contribution in [-0.2, 0) is 6.54 Å². The second kappa shape index (κ2) is 6.93. The van der Waals surface area contributed by atoms with Crippen molar-refractivity contribution in [2.24, 2.45) is 0 Å². The molecule has 0 aliphatic carbocycles. The lowest BCUT2D eigenvalue weighted by molar-refractivity contribution is 0.281. The molecule has 1 aromatic heterocycles. The number of aliphatic hydroxyl groups excluding tert-OH is 1. The van der Waals surface area contributed by atoms with Gasteiger partial charge in [-0.25, -0.2) is 4.98 Å². The van der Waals surface area contributed by atoms with E-state index in [4.69, 9.17) is 14.5 Å². The summed E-state index contributed by atoms with van der Waals surface area (Å²) < 4.78 is 12.9. The standard InChI is InChI=1S/C19H22N2O3/c1-13-6-4-7-14(10-13)19-20-15-11-17(23-2)18(24-3)12-16(15)21(19)8-5-9-22/h4,6-7,10-12,22H,5,8-9H2,1-3H3. The molecule has 0 radical (unpaired) electrons. The summed E-state index contributed by atoms with van der Waals surface area (Å²) in [5.74, 6) is 2.22. The summed E-state index contributed by atoms with van der Waals surface area (Å²) in [5.41, 5.74) is 4.06. The minimum atomic E-state index is 0.139. The minimum absolute atomic E-state index is 0.139. The molecular weight excluding hydrogens is 304 g/mol. The SMILES string of the molecule is COc1cc2nc(-c3cccc(C)c3)n(CCCO)c2cc1OC. The van der Waals surface area contributed by atoms with Gasteiger partial charge in [-0.3, -0.25) is 0 Å². The molecule has 0 saturated heterocycles. The highest BCUT2D eigenvalue weighted by atomic mass is 16.5. The van der Waals surface area contributed by atoms with Gasteiger partial charge in [0.05, 0.1) is 25.3 Å². The van der Waals surface area contributed by atoms with Gasteiger partial charge in [-0.2, -0.15) is 0 Å². The Balaban J connectivity index is 2.23. The van der Waals surface area contributed by atoms with E-state index in [1.807, 2.05) is 18.2 Å². The van der Waals surface area contributed by atoms with Gasteiger partial charge in [0.1, 0.15) is 5.82 Å². The molecule has 0 unspecified atom stereocenters. The highest BCUT2D eigenvalue weighted by molar-refractivity contribution is 5.84. The number of hydrogen-bond donors (Lipinski definition) is 1. The van der Waals surface area contributed by atoms with E-state index in [0.29, 0.717) is 24.5 Å². The Morgan fingerprint density at radius 2 is 1.83 bits per heavy atom. The van der Waals surface area contributed by atoms with Gasteiger partial charge in [-0.1, -0.05) is 23.8 Å². The van der Waals surface area contributed by atoms with Gasteiger partial charge in [0.2, 0.25) is 0 Å². The lowest BCUT2D eigenvalue weighted by atomic mass is 10.1. The molecule has 0 amide bonds. The summed E-state index contributed by atoms with van der Waals surface area (Å²) in [4.78, 5) is 4.81. The molecule has 0 aliphatic rings. The molecule has 5 nitrogen and oxygen atoms in total. The van der Waals surface area contributed by atoms with Gasteiger partial charge in [0, 0.05) is 30.8 Å². The molecule has 5 heteroatoms. The summed E-state index contributed by atoms with van der Waals surface area (Å²) in [7, 11) is 3.24. The van der Waals surface area contributed by atoms with E-state index in [1.165, 1.54) is 5.56 Å². The maximum absolute atomic E-state index is 9.25. The Morgan fingerprint density at radius 3 is 2.50 bits per heavy atom. The Morgan fingerprint density at radius 1 is 1.08 bits per heavy atom. The normalized spacial score (nSPS) is 11.0. The quantitative estimate of drug-likeness (QED) is 0.754. The van der Waals surface area contributed by atoms with Gasteiger partial charge in [0.15, 0.2) is 11.5 Å². The predicted octanol–water partition coefficient (Wildman–Crippen LogP) is 3.41. The molecule has 2 aromatic carbocycles. The van der Waals surface area contributed by atoms with Crippen LogP contribution in [0.3, 0.4) is 0 Å². The Labute approximate surface area is 141 Å². The van der Waals surface area contributed by atoms with Gasteiger partial charge < -0.3 is 19.1 Å². The first kappa shape index (κ1) is 16.3. The number of benzene rings is 2. The number of aryl methyl sites for hydroxylation is 2. The van der Waals surface area contributed by atoms with Crippen molar-refractivity contribution in [3.8, 4) is 22.9 Å². The number of methoxy groups -OCH3 is 2. The molecule has 0 aliphatic heterocycles. The topological polar surface area (TPSA) is 56.5 Å². The van der Waals surface area contributed by atoms with E-state index in [0.717, 1.165) is 22.4 Å². The summed E-state index contributed by atoms with van der Waals surface area (Å²) in [6.45, 7) is 2.89. The number of aromatic nitrogens is 2. The van der Waals surface area contributed by atoms with Crippen LogP contribution in [0, 0.1) is 6.92 Å². The minimum Gasteiger partial charge on any atom is -0.493 e. The molecule has 1 heterocycles. The van der Waals surface area contributed by atoms with Crippen LogP contribution in [0.5, 0.6) is 11.5 Å². The first-order valence-electron chi connectivity index (χ1n) is 7.98. The van der Waals surface area contributed by atoms with Crippen molar-refractivity contribution in [2.75, 3.05) is 20.8 Å². The number of hydrogen-bond acceptors (Lipinski definition) is 4. The number of aliphatic hydroxyl groups is 1. The fourth-order valence-electron chi connectivity index (χ4n) is 2.91. The van der Waals surface area contributed by atoms with Crippen LogP contribution < -0.4 is 9.47 Å². The second-order valence-corrected chi connectivity index (χ2v) is 5.73. The zero-order valence-corrected chi connectivity index (χ0v) is 14.2. The number of nitrogens with zero attached hydrogens (tertiary/aromatic N) is 2. The molecule has 24 heavy (non-hydrogen) atoms. The average molecular weight is 326 g/mol. The third-order valence-corrected chi connectivity index (χ3v) is 4.07. The zero-order valence-electron chi connectivity index (χ0n) is 14.2. The van der Waals surface area contributed by atoms with Gasteiger partial charge >= 0.3 is 0 Å². The van der Waals surface area contributed by atoms with Crippen molar-refractivity contribution >= 4 is 11.0 Å². The van der Waals surface area contributed by atoms with Crippen LogP contribution in [-0.4, -0.2) is 35.5 Å². The van der Waals surface area contributed by atoms with Gasteiger partial charge in [0.25, 0.3) is 0 Å². The van der Waals surface area contributed by atoms with Crippen LogP contribution in [0.4, 0.5) is 0 Å². The van der Waals surface area contributed by atoms with Crippen molar-refractivity contribution in [1.29, 1.82) is 0 Å². The average Bonchev–Trinajstić information content (AvgIpc) is 2.96. The van der Waals surface area contributed by atoms with Crippen molar-refractivity contribution < 1.29 is 14.6 Å². The van der Waals surface area contributed by atoms with Gasteiger partial charge in [-0.15, -0.1) is 0 Å². The van der Waals surface area contributed by atoms with E-state index in [1.54, 1.807) is 14.2 Å². The Hall–Kier alpha value is -2.53. The predicted molar refractivity (Wildman–Crippen MR) is 94.7 cm³/mol. The molecule has 0 atom stereocenters. The van der Waals surface area contributed by atoms with E-state index in [-0.39, 0.29) is 6.61 Å². The molecule has 126 valence electrons. The molecule has 0 bridgehead atoms. The van der Waals surface area contributed by atoms with Crippen molar-refractivity contribution in [2.45, 2.75) is 19.9 Å². The fraction of sp³-hybridized carbons (Fsp3) is 0.316. The zero-order chi connectivity index (χ0) is 17.1. The number of ether oxygens (including phenoxy) is 2. The number of imidazole rings is 1. The van der Waals surface area contributed by atoms with E-state index >= 15 is 0 Å². The Kier molecular flexibility index (Phi) is 4.71. The van der Waals surface area contributed by atoms with Crippen LogP contribution >= 0.6 is 0 Å². The molecule has 0 spiro atoms. The van der Waals surface area contributed by atoms with Crippen LogP contribution in [0.15, 0.2) is 36.4 Å². The monoisotopic (exact) mass is 326 g/mol. The first-order valence-corrected chi connectivity index (χ1v) is 7.98. The molecule has 0 saturated carbocycles. The smallest absolute Gasteiger partial charge is 0.163 e. The lowest BCUT2D eigenvalue weighted by Crippen LogP contribution is -2.03. The van der Waals surface area contributed by atoms with Crippen molar-refractivity contribution in [3.05, 3.63) is 42.0 Å². The highest BCUT2D eigenvalue weighted by Gasteiger charge is 2.16. The molecule has 3 aromatic rings. The lowest BCUT2D eigenvalue weighted by Gasteiger charge is -2.11. The van der Waals surface area contributed by atoms with Crippen LogP contribution in [0.25, 0.3) is 22.4 Å². The number of fused-ring (bicyclic) bond motifs is 1. The third kappa shape index (κ3) is 2.95. The molecule has 3 rings (SSSR count). The summed E-state index contributed by atoms with van der Waals surface area (Å²) >= 11 is 0.